The van der Waals surface area contributed by atoms with Gasteiger partial charge in [0.05, 0.1) is 16.7 Å². The standard InChI is InChI=1S/C19H17Cl2N3O2S/c1-23(2)7-6-16(25)17-10-15-18(27-17)19(26)24(11-22-15)8-5-12-3-4-13(20)9-14(12)21/h3-4,6-7,9-11H,5,8H2,1-2H3. The predicted molar refractivity (Wildman–Crippen MR) is 111 cm³/mol. The Kier molecular flexibility index (Phi) is 5.99. The topological polar surface area (TPSA) is 55.2 Å². The first kappa shape index (κ1) is 19.6. The Morgan fingerprint density at radius 2 is 2.07 bits per heavy atom. The van der Waals surface area contributed by atoms with E-state index in [4.69, 9.17) is 23.2 Å². The van der Waals surface area contributed by atoms with E-state index in [1.54, 1.807) is 29.3 Å². The maximum absolute atomic E-state index is 12.7. The highest BCUT2D eigenvalue weighted by molar-refractivity contribution is 7.20. The van der Waals surface area contributed by atoms with E-state index in [2.05, 4.69) is 4.98 Å². The van der Waals surface area contributed by atoms with Crippen molar-refractivity contribution >= 4 is 50.5 Å². The van der Waals surface area contributed by atoms with Gasteiger partial charge in [-0.25, -0.2) is 4.98 Å². The minimum Gasteiger partial charge on any atom is -0.383 e. The lowest BCUT2D eigenvalue weighted by molar-refractivity contribution is 0.104. The average Bonchev–Trinajstić information content (AvgIpc) is 3.05. The summed E-state index contributed by atoms with van der Waals surface area (Å²) in [6.07, 6.45) is 5.23. The zero-order valence-corrected chi connectivity index (χ0v) is 17.1. The van der Waals surface area contributed by atoms with Crippen molar-refractivity contribution in [3.63, 3.8) is 0 Å². The molecule has 0 bridgehead atoms. The second-order valence-electron chi connectivity index (χ2n) is 6.20. The molecule has 3 rings (SSSR count). The molecule has 0 radical (unpaired) electrons. The molecule has 2 aromatic heterocycles. The Morgan fingerprint density at radius 3 is 2.78 bits per heavy atom. The lowest BCUT2D eigenvalue weighted by Crippen LogP contribution is -2.20. The lowest BCUT2D eigenvalue weighted by atomic mass is 10.1. The van der Waals surface area contributed by atoms with Crippen LogP contribution in [0.3, 0.4) is 0 Å². The van der Waals surface area contributed by atoms with Gasteiger partial charge in [-0.15, -0.1) is 11.3 Å². The van der Waals surface area contributed by atoms with Crippen LogP contribution in [0.1, 0.15) is 15.2 Å². The summed E-state index contributed by atoms with van der Waals surface area (Å²) in [7, 11) is 3.67. The molecule has 0 atom stereocenters. The molecule has 27 heavy (non-hydrogen) atoms. The Hall–Kier alpha value is -2.15. The van der Waals surface area contributed by atoms with Crippen LogP contribution in [-0.4, -0.2) is 34.3 Å². The number of ketones is 1. The van der Waals surface area contributed by atoms with Crippen LogP contribution < -0.4 is 5.56 Å². The fraction of sp³-hybridized carbons (Fsp3) is 0.211. The van der Waals surface area contributed by atoms with E-state index in [-0.39, 0.29) is 11.3 Å². The lowest BCUT2D eigenvalue weighted by Gasteiger charge is -2.07. The van der Waals surface area contributed by atoms with Gasteiger partial charge in [-0.1, -0.05) is 29.3 Å². The molecule has 5 nitrogen and oxygen atoms in total. The number of nitrogens with zero attached hydrogens (tertiary/aromatic N) is 3. The van der Waals surface area contributed by atoms with Crippen LogP contribution in [0, 0.1) is 0 Å². The van der Waals surface area contributed by atoms with Gasteiger partial charge in [0.15, 0.2) is 5.78 Å². The number of thiophene rings is 1. The highest BCUT2D eigenvalue weighted by atomic mass is 35.5. The van der Waals surface area contributed by atoms with Crippen LogP contribution in [0.4, 0.5) is 0 Å². The number of aryl methyl sites for hydroxylation is 2. The molecule has 0 unspecified atom stereocenters. The minimum absolute atomic E-state index is 0.148. The summed E-state index contributed by atoms with van der Waals surface area (Å²) < 4.78 is 2.01. The monoisotopic (exact) mass is 421 g/mol. The van der Waals surface area contributed by atoms with Crippen LogP contribution in [0.5, 0.6) is 0 Å². The van der Waals surface area contributed by atoms with Crippen molar-refractivity contribution in [1.29, 1.82) is 0 Å². The highest BCUT2D eigenvalue weighted by Gasteiger charge is 2.13. The van der Waals surface area contributed by atoms with Gasteiger partial charge in [0.1, 0.15) is 4.70 Å². The van der Waals surface area contributed by atoms with Crippen molar-refractivity contribution in [3.05, 3.63) is 73.7 Å². The molecule has 2 heterocycles. The molecule has 0 aliphatic heterocycles. The van der Waals surface area contributed by atoms with Crippen LogP contribution in [0.2, 0.25) is 10.0 Å². The van der Waals surface area contributed by atoms with Crippen molar-refractivity contribution in [1.82, 2.24) is 14.5 Å². The number of allylic oxidation sites excluding steroid dienone is 1. The maximum Gasteiger partial charge on any atom is 0.271 e. The Morgan fingerprint density at radius 1 is 1.30 bits per heavy atom. The summed E-state index contributed by atoms with van der Waals surface area (Å²) in [6.45, 7) is 0.435. The molecular formula is C19H17Cl2N3O2S. The number of aromatic nitrogens is 2. The molecule has 8 heteroatoms. The number of carbonyl (C=O) groups excluding carboxylic acids is 1. The van der Waals surface area contributed by atoms with E-state index in [0.717, 1.165) is 5.56 Å². The van der Waals surface area contributed by atoms with Gasteiger partial charge in [0.2, 0.25) is 0 Å². The number of fused-ring (bicyclic) bond motifs is 1. The molecule has 3 aromatic rings. The number of hydrogen-bond acceptors (Lipinski definition) is 5. The Bertz CT molecular complexity index is 1090. The fourth-order valence-corrected chi connectivity index (χ4v) is 3.97. The first-order valence-corrected chi connectivity index (χ1v) is 9.74. The van der Waals surface area contributed by atoms with Crippen LogP contribution in [0.15, 0.2) is 47.7 Å². The maximum atomic E-state index is 12.7. The second-order valence-corrected chi connectivity index (χ2v) is 8.09. The Balaban J connectivity index is 1.84. The van der Waals surface area contributed by atoms with Crippen molar-refractivity contribution in [2.75, 3.05) is 14.1 Å². The molecule has 0 N–H and O–H groups in total. The molecule has 0 saturated carbocycles. The summed E-state index contributed by atoms with van der Waals surface area (Å²) in [4.78, 5) is 31.5. The van der Waals surface area contributed by atoms with Gasteiger partial charge < -0.3 is 4.90 Å². The number of rotatable bonds is 6. The molecule has 140 valence electrons. The van der Waals surface area contributed by atoms with Crippen molar-refractivity contribution in [2.45, 2.75) is 13.0 Å². The third kappa shape index (κ3) is 4.58. The Labute approximate surface area is 170 Å². The molecular weight excluding hydrogens is 405 g/mol. The molecule has 0 amide bonds. The minimum atomic E-state index is -0.161. The normalized spacial score (nSPS) is 11.4. The first-order valence-electron chi connectivity index (χ1n) is 8.17. The van der Waals surface area contributed by atoms with Crippen molar-refractivity contribution in [3.8, 4) is 0 Å². The summed E-state index contributed by atoms with van der Waals surface area (Å²) in [5.41, 5.74) is 1.28. The summed E-state index contributed by atoms with van der Waals surface area (Å²) >= 11 is 13.3. The van der Waals surface area contributed by atoms with Crippen LogP contribution in [0.25, 0.3) is 10.2 Å². The average molecular weight is 422 g/mol. The molecule has 0 spiro atoms. The van der Waals surface area contributed by atoms with Crippen LogP contribution in [-0.2, 0) is 13.0 Å². The zero-order valence-electron chi connectivity index (χ0n) is 14.8. The van der Waals surface area contributed by atoms with Gasteiger partial charge in [0, 0.05) is 43.0 Å². The second kappa shape index (κ2) is 8.25. The molecule has 0 saturated heterocycles. The smallest absolute Gasteiger partial charge is 0.271 e. The van der Waals surface area contributed by atoms with E-state index in [0.29, 0.717) is 38.1 Å². The van der Waals surface area contributed by atoms with Gasteiger partial charge >= 0.3 is 0 Å². The largest absolute Gasteiger partial charge is 0.383 e. The van der Waals surface area contributed by atoms with E-state index >= 15 is 0 Å². The van der Waals surface area contributed by atoms with Crippen molar-refractivity contribution < 1.29 is 4.79 Å². The number of carbonyl (C=O) groups is 1. The fourth-order valence-electron chi connectivity index (χ4n) is 2.49. The van der Waals surface area contributed by atoms with Crippen molar-refractivity contribution in [2.24, 2.45) is 0 Å². The zero-order chi connectivity index (χ0) is 19.6. The molecule has 0 fully saturated rings. The van der Waals surface area contributed by atoms with Gasteiger partial charge in [0.25, 0.3) is 5.56 Å². The van der Waals surface area contributed by atoms with Gasteiger partial charge in [-0.3, -0.25) is 14.2 Å². The van der Waals surface area contributed by atoms with E-state index in [1.807, 2.05) is 20.2 Å². The third-order valence-corrected chi connectivity index (χ3v) is 5.62. The first-order chi connectivity index (χ1) is 12.8. The summed E-state index contributed by atoms with van der Waals surface area (Å²) in [5, 5.41) is 1.14. The van der Waals surface area contributed by atoms with E-state index in [9.17, 15) is 9.59 Å². The van der Waals surface area contributed by atoms with Crippen LogP contribution >= 0.6 is 34.5 Å². The number of hydrogen-bond donors (Lipinski definition) is 0. The summed E-state index contributed by atoms with van der Waals surface area (Å²) in [5.74, 6) is -0.148. The molecule has 0 aliphatic carbocycles. The quantitative estimate of drug-likeness (QED) is 0.440. The summed E-state index contributed by atoms with van der Waals surface area (Å²) in [6, 6.07) is 6.96. The number of halogens is 2. The SMILES string of the molecule is CN(C)C=CC(=O)c1cc2ncn(CCc3ccc(Cl)cc3Cl)c(=O)c2s1. The third-order valence-electron chi connectivity index (χ3n) is 3.91. The number of benzene rings is 1. The van der Waals surface area contributed by atoms with Gasteiger partial charge in [-0.2, -0.15) is 0 Å². The highest BCUT2D eigenvalue weighted by Crippen LogP contribution is 2.23. The van der Waals surface area contributed by atoms with E-state index < -0.39 is 0 Å². The molecule has 1 aromatic carbocycles. The molecule has 0 aliphatic rings. The van der Waals surface area contributed by atoms with E-state index in [1.165, 1.54) is 28.3 Å². The predicted octanol–water partition coefficient (Wildman–Crippen LogP) is 4.27. The van der Waals surface area contributed by atoms with Gasteiger partial charge in [-0.05, 0) is 30.2 Å².